The Bertz CT molecular complexity index is 234. The van der Waals surface area contributed by atoms with Crippen molar-refractivity contribution in [2.75, 3.05) is 0 Å². The third kappa shape index (κ3) is 1.56. The van der Waals surface area contributed by atoms with E-state index in [2.05, 4.69) is 41.5 Å². The van der Waals surface area contributed by atoms with E-state index >= 15 is 0 Å². The lowest BCUT2D eigenvalue weighted by Crippen LogP contribution is -2.57. The van der Waals surface area contributed by atoms with Crippen molar-refractivity contribution in [3.05, 3.63) is 0 Å². The van der Waals surface area contributed by atoms with Gasteiger partial charge >= 0.3 is 0 Å². The molecular formula is C15H28. The molecule has 15 heavy (non-hydrogen) atoms. The lowest BCUT2D eigenvalue weighted by Gasteiger charge is -2.64. The monoisotopic (exact) mass is 208 g/mol. The van der Waals surface area contributed by atoms with Crippen molar-refractivity contribution in [3.63, 3.8) is 0 Å². The minimum absolute atomic E-state index is 0.653. The van der Waals surface area contributed by atoms with Crippen molar-refractivity contribution in [1.29, 1.82) is 0 Å². The average molecular weight is 208 g/mol. The van der Waals surface area contributed by atoms with E-state index in [9.17, 15) is 0 Å². The van der Waals surface area contributed by atoms with Gasteiger partial charge in [0.1, 0.15) is 0 Å². The summed E-state index contributed by atoms with van der Waals surface area (Å²) < 4.78 is 0. The fourth-order valence-corrected chi connectivity index (χ4v) is 4.57. The van der Waals surface area contributed by atoms with Crippen LogP contribution in [0.5, 0.6) is 0 Å². The summed E-state index contributed by atoms with van der Waals surface area (Å²) >= 11 is 0. The van der Waals surface area contributed by atoms with Gasteiger partial charge in [-0.05, 0) is 53.8 Å². The van der Waals surface area contributed by atoms with Gasteiger partial charge in [-0.1, -0.05) is 41.5 Å². The fraction of sp³-hybridized carbons (Fsp3) is 1.00. The maximum atomic E-state index is 2.51. The highest BCUT2D eigenvalue weighted by Gasteiger charge is 2.58. The first-order valence-corrected chi connectivity index (χ1v) is 6.85. The summed E-state index contributed by atoms with van der Waals surface area (Å²) in [4.78, 5) is 0. The molecule has 0 heteroatoms. The van der Waals surface area contributed by atoms with Crippen LogP contribution < -0.4 is 0 Å². The second-order valence-electron chi connectivity index (χ2n) is 7.33. The molecule has 0 aromatic carbocycles. The van der Waals surface area contributed by atoms with E-state index in [-0.39, 0.29) is 0 Å². The number of rotatable bonds is 2. The highest BCUT2D eigenvalue weighted by Crippen LogP contribution is 2.65. The molecule has 0 aromatic rings. The molecule has 3 aliphatic rings. The van der Waals surface area contributed by atoms with Gasteiger partial charge in [0.15, 0.2) is 0 Å². The van der Waals surface area contributed by atoms with Crippen molar-refractivity contribution in [2.24, 2.45) is 40.9 Å². The molecule has 0 radical (unpaired) electrons. The SMILES string of the molecule is CC(C)[C@@H]1[C@@H](C(C)C)C[C@H]2C[C@@H]1C2(C)C. The van der Waals surface area contributed by atoms with Crippen LogP contribution in [0.3, 0.4) is 0 Å². The summed E-state index contributed by atoms with van der Waals surface area (Å²) in [6, 6.07) is 0. The predicted octanol–water partition coefficient (Wildman–Crippen LogP) is 4.60. The summed E-state index contributed by atoms with van der Waals surface area (Å²) in [7, 11) is 0. The number of hydrogen-bond acceptors (Lipinski definition) is 0. The molecule has 0 spiro atoms. The molecule has 0 saturated heterocycles. The highest BCUT2D eigenvalue weighted by atomic mass is 14.6. The Morgan fingerprint density at radius 2 is 1.53 bits per heavy atom. The summed E-state index contributed by atoms with van der Waals surface area (Å²) in [6.45, 7) is 14.8. The zero-order valence-electron chi connectivity index (χ0n) is 11.4. The van der Waals surface area contributed by atoms with Crippen molar-refractivity contribution in [3.8, 4) is 0 Å². The van der Waals surface area contributed by atoms with Gasteiger partial charge in [-0.2, -0.15) is 0 Å². The first-order chi connectivity index (χ1) is 6.85. The van der Waals surface area contributed by atoms with E-state index in [4.69, 9.17) is 0 Å². The summed E-state index contributed by atoms with van der Waals surface area (Å²) in [6.07, 6.45) is 3.03. The van der Waals surface area contributed by atoms with Gasteiger partial charge < -0.3 is 0 Å². The Kier molecular flexibility index (Phi) is 2.68. The topological polar surface area (TPSA) is 0 Å². The van der Waals surface area contributed by atoms with E-state index in [1.165, 1.54) is 12.8 Å². The first kappa shape index (κ1) is 11.5. The molecule has 0 nitrogen and oxygen atoms in total. The summed E-state index contributed by atoms with van der Waals surface area (Å²) in [5.41, 5.74) is 0.653. The van der Waals surface area contributed by atoms with Crippen LogP contribution >= 0.6 is 0 Å². The maximum absolute atomic E-state index is 2.51. The van der Waals surface area contributed by atoms with Crippen LogP contribution in [0.2, 0.25) is 0 Å². The van der Waals surface area contributed by atoms with E-state index in [0.717, 1.165) is 35.5 Å². The standard InChI is InChI=1S/C15H28/c1-9(2)12-7-11-8-13(15(11,5)6)14(12)10(3)4/h9-14H,7-8H2,1-6H3/t11-,12+,13-,14+/m0/s1. The minimum atomic E-state index is 0.653. The van der Waals surface area contributed by atoms with Gasteiger partial charge in [0.25, 0.3) is 0 Å². The Morgan fingerprint density at radius 3 is 1.93 bits per heavy atom. The second-order valence-corrected chi connectivity index (χ2v) is 7.33. The quantitative estimate of drug-likeness (QED) is 0.622. The molecule has 0 amide bonds. The van der Waals surface area contributed by atoms with E-state index in [1.54, 1.807) is 0 Å². The molecule has 3 rings (SSSR count). The van der Waals surface area contributed by atoms with Crippen LogP contribution in [0.4, 0.5) is 0 Å². The third-order valence-corrected chi connectivity index (χ3v) is 5.69. The molecule has 4 atom stereocenters. The van der Waals surface area contributed by atoms with Gasteiger partial charge in [-0.25, -0.2) is 0 Å². The fourth-order valence-electron chi connectivity index (χ4n) is 4.57. The highest BCUT2D eigenvalue weighted by molar-refractivity contribution is 5.06. The molecule has 0 heterocycles. The number of hydrogen-bond donors (Lipinski definition) is 0. The van der Waals surface area contributed by atoms with Crippen LogP contribution in [-0.2, 0) is 0 Å². The number of fused-ring (bicyclic) bond motifs is 2. The van der Waals surface area contributed by atoms with Gasteiger partial charge in [0.05, 0.1) is 0 Å². The largest absolute Gasteiger partial charge is 0.0625 e. The van der Waals surface area contributed by atoms with Crippen molar-refractivity contribution in [1.82, 2.24) is 0 Å². The molecule has 0 unspecified atom stereocenters. The van der Waals surface area contributed by atoms with Crippen molar-refractivity contribution < 1.29 is 0 Å². The van der Waals surface area contributed by atoms with Gasteiger partial charge in [0, 0.05) is 0 Å². The lowest BCUT2D eigenvalue weighted by atomic mass is 9.41. The Hall–Kier alpha value is 0. The van der Waals surface area contributed by atoms with Crippen LogP contribution in [-0.4, -0.2) is 0 Å². The predicted molar refractivity (Wildman–Crippen MR) is 66.7 cm³/mol. The Morgan fingerprint density at radius 1 is 0.933 bits per heavy atom. The Balaban J connectivity index is 2.20. The van der Waals surface area contributed by atoms with E-state index in [1.807, 2.05) is 0 Å². The molecule has 3 fully saturated rings. The van der Waals surface area contributed by atoms with Crippen molar-refractivity contribution >= 4 is 0 Å². The molecule has 2 bridgehead atoms. The van der Waals surface area contributed by atoms with Gasteiger partial charge in [-0.15, -0.1) is 0 Å². The van der Waals surface area contributed by atoms with Gasteiger partial charge in [-0.3, -0.25) is 0 Å². The zero-order valence-corrected chi connectivity index (χ0v) is 11.4. The lowest BCUT2D eigenvalue weighted by molar-refractivity contribution is -0.156. The first-order valence-electron chi connectivity index (χ1n) is 6.85. The summed E-state index contributed by atoms with van der Waals surface area (Å²) in [5, 5.41) is 0. The average Bonchev–Trinajstić information content (AvgIpc) is 2.16. The summed E-state index contributed by atoms with van der Waals surface area (Å²) in [5.74, 6) is 5.81. The maximum Gasteiger partial charge on any atom is -0.0294 e. The second kappa shape index (κ2) is 3.50. The Labute approximate surface area is 95.8 Å². The molecule has 0 aromatic heterocycles. The molecular weight excluding hydrogens is 180 g/mol. The molecule has 0 aliphatic heterocycles. The van der Waals surface area contributed by atoms with Crippen LogP contribution in [0.1, 0.15) is 54.4 Å². The van der Waals surface area contributed by atoms with Crippen LogP contribution in [0, 0.1) is 40.9 Å². The molecule has 0 N–H and O–H groups in total. The third-order valence-electron chi connectivity index (χ3n) is 5.69. The zero-order chi connectivity index (χ0) is 11.4. The van der Waals surface area contributed by atoms with Crippen LogP contribution in [0.25, 0.3) is 0 Å². The smallest absolute Gasteiger partial charge is 0.0294 e. The van der Waals surface area contributed by atoms with Gasteiger partial charge in [0.2, 0.25) is 0 Å². The molecule has 88 valence electrons. The van der Waals surface area contributed by atoms with Crippen molar-refractivity contribution in [2.45, 2.75) is 54.4 Å². The molecule has 3 saturated carbocycles. The molecule has 3 aliphatic carbocycles. The van der Waals surface area contributed by atoms with Crippen LogP contribution in [0.15, 0.2) is 0 Å². The van der Waals surface area contributed by atoms with E-state index < -0.39 is 0 Å². The normalized spacial score (nSPS) is 43.2. The van der Waals surface area contributed by atoms with E-state index in [0.29, 0.717) is 5.41 Å². The minimum Gasteiger partial charge on any atom is -0.0625 e.